The van der Waals surface area contributed by atoms with Gasteiger partial charge in [-0.3, -0.25) is 4.79 Å². The molecule has 2 fully saturated rings. The summed E-state index contributed by atoms with van der Waals surface area (Å²) in [4.78, 5) is 16.2. The van der Waals surface area contributed by atoms with Gasteiger partial charge in [0.1, 0.15) is 0 Å². The number of carboxylic acids is 1. The smallest absolute Gasteiger partial charge is 0.310 e. The van der Waals surface area contributed by atoms with E-state index in [4.69, 9.17) is 0 Å². The van der Waals surface area contributed by atoms with E-state index < -0.39 is 11.4 Å². The number of aliphatic carboxylic acids is 1. The first kappa shape index (κ1) is 14.8. The molecule has 0 unspecified atom stereocenters. The molecule has 1 aliphatic carbocycles. The van der Waals surface area contributed by atoms with E-state index in [0.717, 1.165) is 44.7 Å². The normalized spacial score (nSPS) is 25.0. The Hall–Kier alpha value is -0.610. The molecular weight excluding hydrogens is 240 g/mol. The molecule has 1 aliphatic heterocycles. The van der Waals surface area contributed by atoms with Crippen LogP contribution in [0.4, 0.5) is 0 Å². The van der Waals surface area contributed by atoms with Gasteiger partial charge in [0.25, 0.3) is 0 Å². The van der Waals surface area contributed by atoms with Gasteiger partial charge in [0.15, 0.2) is 0 Å². The third-order valence-corrected chi connectivity index (χ3v) is 4.99. The molecular formula is C15H28N2O2. The Bertz CT molecular complexity index is 305. The van der Waals surface area contributed by atoms with E-state index in [9.17, 15) is 9.90 Å². The average Bonchev–Trinajstić information content (AvgIpc) is 2.82. The molecule has 1 saturated carbocycles. The van der Waals surface area contributed by atoms with Gasteiger partial charge in [0.05, 0.1) is 5.41 Å². The van der Waals surface area contributed by atoms with Crippen molar-refractivity contribution in [2.45, 2.75) is 38.5 Å². The lowest BCUT2D eigenvalue weighted by Gasteiger charge is -2.35. The van der Waals surface area contributed by atoms with E-state index in [1.807, 2.05) is 0 Å². The van der Waals surface area contributed by atoms with Crippen molar-refractivity contribution < 1.29 is 9.90 Å². The van der Waals surface area contributed by atoms with E-state index in [-0.39, 0.29) is 0 Å². The van der Waals surface area contributed by atoms with Gasteiger partial charge in [-0.1, -0.05) is 12.8 Å². The van der Waals surface area contributed by atoms with Gasteiger partial charge in [-0.05, 0) is 58.8 Å². The fraction of sp³-hybridized carbons (Fsp3) is 0.933. The second kappa shape index (κ2) is 6.23. The highest BCUT2D eigenvalue weighted by atomic mass is 16.4. The van der Waals surface area contributed by atoms with Crippen molar-refractivity contribution in [3.63, 3.8) is 0 Å². The lowest BCUT2D eigenvalue weighted by Crippen LogP contribution is -2.43. The number of hydrogen-bond donors (Lipinski definition) is 1. The summed E-state index contributed by atoms with van der Waals surface area (Å²) in [5.74, 6) is 0.161. The average molecular weight is 268 g/mol. The number of piperidine rings is 1. The molecule has 0 atom stereocenters. The molecule has 0 aromatic heterocycles. The first-order valence-corrected chi connectivity index (χ1v) is 7.62. The molecule has 110 valence electrons. The second-order valence-electron chi connectivity index (χ2n) is 6.74. The van der Waals surface area contributed by atoms with E-state index in [1.54, 1.807) is 0 Å². The topological polar surface area (TPSA) is 43.8 Å². The van der Waals surface area contributed by atoms with Crippen LogP contribution in [0.15, 0.2) is 0 Å². The van der Waals surface area contributed by atoms with Crippen molar-refractivity contribution in [3.05, 3.63) is 0 Å². The zero-order valence-corrected chi connectivity index (χ0v) is 12.4. The molecule has 1 saturated heterocycles. The monoisotopic (exact) mass is 268 g/mol. The lowest BCUT2D eigenvalue weighted by molar-refractivity contribution is -0.149. The molecule has 4 heteroatoms. The fourth-order valence-electron chi connectivity index (χ4n) is 3.76. The molecule has 2 aliphatic rings. The Balaban J connectivity index is 1.83. The summed E-state index contributed by atoms with van der Waals surface area (Å²) >= 11 is 0. The van der Waals surface area contributed by atoms with Gasteiger partial charge < -0.3 is 14.9 Å². The predicted molar refractivity (Wildman–Crippen MR) is 76.3 cm³/mol. The van der Waals surface area contributed by atoms with Gasteiger partial charge in [0, 0.05) is 13.1 Å². The van der Waals surface area contributed by atoms with Crippen molar-refractivity contribution in [1.29, 1.82) is 0 Å². The highest BCUT2D eigenvalue weighted by Crippen LogP contribution is 2.39. The van der Waals surface area contributed by atoms with Gasteiger partial charge in [-0.15, -0.1) is 0 Å². The number of rotatable bonds is 5. The molecule has 4 nitrogen and oxygen atoms in total. The van der Waals surface area contributed by atoms with Crippen LogP contribution < -0.4 is 0 Å². The van der Waals surface area contributed by atoms with Crippen LogP contribution in [0.2, 0.25) is 0 Å². The molecule has 0 bridgehead atoms. The van der Waals surface area contributed by atoms with Crippen molar-refractivity contribution in [2.75, 3.05) is 40.3 Å². The van der Waals surface area contributed by atoms with Crippen molar-refractivity contribution >= 4 is 5.97 Å². The third kappa shape index (κ3) is 3.69. The SMILES string of the molecule is CN1CCC(CN(C)CC2(C(=O)O)CCCC2)CC1. The summed E-state index contributed by atoms with van der Waals surface area (Å²) < 4.78 is 0. The predicted octanol–water partition coefficient (Wildman–Crippen LogP) is 1.90. The standard InChI is InChI=1S/C15H28N2O2/c1-16-9-5-13(6-10-16)11-17(2)12-15(14(18)19)7-3-4-8-15/h13H,3-12H2,1-2H3,(H,18,19). The lowest BCUT2D eigenvalue weighted by atomic mass is 9.85. The largest absolute Gasteiger partial charge is 0.481 e. The summed E-state index contributed by atoms with van der Waals surface area (Å²) in [6, 6.07) is 0. The maximum Gasteiger partial charge on any atom is 0.310 e. The second-order valence-corrected chi connectivity index (χ2v) is 6.74. The molecule has 19 heavy (non-hydrogen) atoms. The summed E-state index contributed by atoms with van der Waals surface area (Å²) in [5.41, 5.74) is -0.458. The zero-order chi connectivity index (χ0) is 13.9. The molecule has 0 amide bonds. The van der Waals surface area contributed by atoms with Crippen molar-refractivity contribution in [1.82, 2.24) is 9.80 Å². The highest BCUT2D eigenvalue weighted by Gasteiger charge is 2.42. The molecule has 0 spiro atoms. The number of hydrogen-bond acceptors (Lipinski definition) is 3. The quantitative estimate of drug-likeness (QED) is 0.827. The van der Waals surface area contributed by atoms with Crippen LogP contribution in [0.5, 0.6) is 0 Å². The van der Waals surface area contributed by atoms with E-state index >= 15 is 0 Å². The molecule has 0 aromatic carbocycles. The number of nitrogens with zero attached hydrogens (tertiary/aromatic N) is 2. The third-order valence-electron chi connectivity index (χ3n) is 4.99. The molecule has 1 N–H and O–H groups in total. The molecule has 0 radical (unpaired) electrons. The minimum Gasteiger partial charge on any atom is -0.481 e. The van der Waals surface area contributed by atoms with Crippen molar-refractivity contribution in [3.8, 4) is 0 Å². The van der Waals surface area contributed by atoms with Crippen LogP contribution in [-0.2, 0) is 4.79 Å². The maximum absolute atomic E-state index is 11.6. The van der Waals surface area contributed by atoms with E-state index in [0.29, 0.717) is 0 Å². The maximum atomic E-state index is 11.6. The van der Waals surface area contributed by atoms with Crippen LogP contribution in [0.3, 0.4) is 0 Å². The van der Waals surface area contributed by atoms with Crippen LogP contribution in [-0.4, -0.2) is 61.2 Å². The Labute approximate surface area is 116 Å². The Morgan fingerprint density at radius 1 is 1.32 bits per heavy atom. The van der Waals surface area contributed by atoms with Gasteiger partial charge in [-0.2, -0.15) is 0 Å². The fourth-order valence-corrected chi connectivity index (χ4v) is 3.76. The zero-order valence-electron chi connectivity index (χ0n) is 12.4. The van der Waals surface area contributed by atoms with Crippen LogP contribution in [0, 0.1) is 11.3 Å². The Kier molecular flexibility index (Phi) is 4.85. The van der Waals surface area contributed by atoms with Crippen LogP contribution in [0.1, 0.15) is 38.5 Å². The Morgan fingerprint density at radius 2 is 1.89 bits per heavy atom. The molecule has 0 aromatic rings. The summed E-state index contributed by atoms with van der Waals surface area (Å²) in [7, 11) is 4.28. The minimum absolute atomic E-state index is 0.458. The Morgan fingerprint density at radius 3 is 2.42 bits per heavy atom. The molecule has 1 heterocycles. The highest BCUT2D eigenvalue weighted by molar-refractivity contribution is 5.75. The number of carboxylic acid groups (broad SMARTS) is 1. The van der Waals surface area contributed by atoms with Crippen LogP contribution in [0.25, 0.3) is 0 Å². The number of carbonyl (C=O) groups is 1. The van der Waals surface area contributed by atoms with Gasteiger partial charge in [-0.25, -0.2) is 0 Å². The first-order valence-electron chi connectivity index (χ1n) is 7.62. The van der Waals surface area contributed by atoms with E-state index in [1.165, 1.54) is 25.9 Å². The van der Waals surface area contributed by atoms with Crippen molar-refractivity contribution in [2.24, 2.45) is 11.3 Å². The van der Waals surface area contributed by atoms with Gasteiger partial charge >= 0.3 is 5.97 Å². The number of likely N-dealkylation sites (tertiary alicyclic amines) is 1. The molecule has 2 rings (SSSR count). The summed E-state index contributed by atoms with van der Waals surface area (Å²) in [6.07, 6.45) is 6.38. The summed E-state index contributed by atoms with van der Waals surface area (Å²) in [6.45, 7) is 4.16. The van der Waals surface area contributed by atoms with Crippen LogP contribution >= 0.6 is 0 Å². The first-order chi connectivity index (χ1) is 9.02. The van der Waals surface area contributed by atoms with E-state index in [2.05, 4.69) is 23.9 Å². The minimum atomic E-state index is -0.583. The van der Waals surface area contributed by atoms with Gasteiger partial charge in [0.2, 0.25) is 0 Å². The summed E-state index contributed by atoms with van der Waals surface area (Å²) in [5, 5.41) is 9.52.